The highest BCUT2D eigenvalue weighted by Crippen LogP contribution is 2.23. The van der Waals surface area contributed by atoms with Gasteiger partial charge in [0.2, 0.25) is 0 Å². The fourth-order valence-electron chi connectivity index (χ4n) is 2.03. The molecule has 0 fully saturated rings. The number of aryl methyl sites for hydroxylation is 2. The smallest absolute Gasteiger partial charge is 0.0870 e. The summed E-state index contributed by atoms with van der Waals surface area (Å²) in [6, 6.07) is 8.92. The number of benzene rings is 2. The zero-order valence-corrected chi connectivity index (χ0v) is 16.0. The molecule has 0 radical (unpaired) electrons. The predicted molar refractivity (Wildman–Crippen MR) is 97.9 cm³/mol. The van der Waals surface area contributed by atoms with E-state index in [0.717, 1.165) is 17.2 Å². The minimum Gasteiger partial charge on any atom is -0.545 e. The zero-order valence-electron chi connectivity index (χ0n) is 16.0. The van der Waals surface area contributed by atoms with Gasteiger partial charge in [0, 0.05) is 11.1 Å². The molecule has 0 aromatic heterocycles. The largest absolute Gasteiger partial charge is 0.545 e. The Bertz CT molecular complexity index is 731. The Hall–Kier alpha value is -3.02. The third-order valence-corrected chi connectivity index (χ3v) is 2.88. The van der Waals surface area contributed by atoms with E-state index < -0.39 is 11.9 Å². The van der Waals surface area contributed by atoms with Crippen LogP contribution < -0.4 is 10.2 Å². The molecule has 0 aliphatic heterocycles. The molecule has 0 saturated carbocycles. The van der Waals surface area contributed by atoms with Crippen molar-refractivity contribution in [3.63, 3.8) is 0 Å². The van der Waals surface area contributed by atoms with E-state index in [1.807, 2.05) is 47.6 Å². The van der Waals surface area contributed by atoms with E-state index in [4.69, 9.17) is 0 Å². The van der Waals surface area contributed by atoms with Crippen LogP contribution in [0.1, 0.15) is 59.5 Å². The van der Waals surface area contributed by atoms with Gasteiger partial charge in [-0.3, -0.25) is 0 Å². The van der Waals surface area contributed by atoms with Crippen molar-refractivity contribution in [2.45, 2.75) is 41.5 Å². The van der Waals surface area contributed by atoms with Crippen molar-refractivity contribution in [3.05, 3.63) is 58.7 Å². The lowest BCUT2D eigenvalue weighted by Gasteiger charge is -2.08. The monoisotopic (exact) mass is 356 g/mol. The van der Waals surface area contributed by atoms with E-state index in [9.17, 15) is 19.8 Å². The molecule has 0 saturated heterocycles. The molecule has 0 atom stereocenters. The molecule has 0 bridgehead atoms. The van der Waals surface area contributed by atoms with Crippen molar-refractivity contribution < 1.29 is 19.8 Å². The van der Waals surface area contributed by atoms with Crippen LogP contribution in [-0.4, -0.2) is 11.9 Å². The van der Waals surface area contributed by atoms with Gasteiger partial charge in [0.1, 0.15) is 0 Å². The Morgan fingerprint density at radius 1 is 0.654 bits per heavy atom. The number of carbonyl (C=O) groups is 2. The Morgan fingerprint density at radius 3 is 1.35 bits per heavy atom. The summed E-state index contributed by atoms with van der Waals surface area (Å²) < 4.78 is 0. The van der Waals surface area contributed by atoms with Gasteiger partial charge >= 0.3 is 0 Å². The number of nitrogens with zero attached hydrogens (tertiary/aromatic N) is 2. The number of aromatic carboxylic acids is 2. The van der Waals surface area contributed by atoms with Crippen LogP contribution in [0.2, 0.25) is 0 Å². The van der Waals surface area contributed by atoms with E-state index in [0.29, 0.717) is 5.69 Å². The average Bonchev–Trinajstić information content (AvgIpc) is 2.62. The number of hydrogen-bond donors (Lipinski definition) is 0. The zero-order chi connectivity index (χ0) is 20.3. The summed E-state index contributed by atoms with van der Waals surface area (Å²) in [7, 11) is 0. The standard InChI is InChI=1S/C16H14N2O4.2C2H6/c1-9-3-10(2)5-13(4-9)17-18-14-7-11(15(19)20)6-12(8-14)16(21)22;2*1-2/h3-8H,1-2H3,(H,19,20)(H,21,22);2*1-2H3/p-2. The summed E-state index contributed by atoms with van der Waals surface area (Å²) in [6.45, 7) is 11.8. The molecule has 0 aliphatic rings. The molecule has 2 aromatic carbocycles. The first-order valence-corrected chi connectivity index (χ1v) is 8.43. The number of carboxylic acid groups (broad SMARTS) is 2. The number of carboxylic acids is 2. The summed E-state index contributed by atoms with van der Waals surface area (Å²) in [4.78, 5) is 21.8. The molecule has 2 rings (SSSR count). The molecule has 0 aliphatic carbocycles. The quantitative estimate of drug-likeness (QED) is 0.782. The van der Waals surface area contributed by atoms with Gasteiger partial charge in [-0.25, -0.2) is 0 Å². The first-order valence-electron chi connectivity index (χ1n) is 8.43. The molecule has 0 heterocycles. The molecule has 2 aromatic rings. The van der Waals surface area contributed by atoms with Gasteiger partial charge < -0.3 is 19.8 Å². The van der Waals surface area contributed by atoms with Crippen molar-refractivity contribution >= 4 is 23.3 Å². The van der Waals surface area contributed by atoms with Gasteiger partial charge in [-0.2, -0.15) is 10.2 Å². The molecular formula is C20H24N2O4-2. The molecule has 6 nitrogen and oxygen atoms in total. The summed E-state index contributed by atoms with van der Waals surface area (Å²) in [6.07, 6.45) is 0. The minimum atomic E-state index is -1.49. The van der Waals surface area contributed by atoms with E-state index >= 15 is 0 Å². The first kappa shape index (κ1) is 23.0. The van der Waals surface area contributed by atoms with Crippen LogP contribution >= 0.6 is 0 Å². The fraction of sp³-hybridized carbons (Fsp3) is 0.300. The second kappa shape index (κ2) is 11.5. The lowest BCUT2D eigenvalue weighted by atomic mass is 10.1. The fourth-order valence-corrected chi connectivity index (χ4v) is 2.03. The van der Waals surface area contributed by atoms with Crippen molar-refractivity contribution in [3.8, 4) is 0 Å². The van der Waals surface area contributed by atoms with Gasteiger partial charge in [0.05, 0.1) is 23.3 Å². The molecule has 0 spiro atoms. The Kier molecular flexibility index (Phi) is 10.2. The third-order valence-electron chi connectivity index (χ3n) is 2.88. The van der Waals surface area contributed by atoms with E-state index in [1.54, 1.807) is 12.1 Å². The van der Waals surface area contributed by atoms with Gasteiger partial charge in [-0.15, -0.1) is 0 Å². The van der Waals surface area contributed by atoms with Crippen molar-refractivity contribution in [1.29, 1.82) is 0 Å². The third kappa shape index (κ3) is 7.25. The van der Waals surface area contributed by atoms with Crippen LogP contribution in [0.3, 0.4) is 0 Å². The van der Waals surface area contributed by atoms with E-state index in [1.165, 1.54) is 12.1 Å². The van der Waals surface area contributed by atoms with Gasteiger partial charge in [-0.05, 0) is 55.3 Å². The molecule has 26 heavy (non-hydrogen) atoms. The van der Waals surface area contributed by atoms with E-state index in [2.05, 4.69) is 10.2 Å². The lowest BCUT2D eigenvalue weighted by molar-refractivity contribution is -0.255. The maximum atomic E-state index is 10.9. The number of rotatable bonds is 4. The topological polar surface area (TPSA) is 105 Å². The Balaban J connectivity index is 0.00000146. The Morgan fingerprint density at radius 2 is 1.00 bits per heavy atom. The SMILES string of the molecule is CC.CC.Cc1cc(C)cc(N=Nc2cc(C(=O)[O-])cc(C(=O)[O-])c2)c1. The second-order valence-corrected chi connectivity index (χ2v) is 4.89. The van der Waals surface area contributed by atoms with Crippen LogP contribution in [0.5, 0.6) is 0 Å². The summed E-state index contributed by atoms with van der Waals surface area (Å²) in [5.74, 6) is -2.99. The van der Waals surface area contributed by atoms with Gasteiger partial charge in [-0.1, -0.05) is 33.8 Å². The van der Waals surface area contributed by atoms with Crippen LogP contribution in [0.4, 0.5) is 11.4 Å². The number of carbonyl (C=O) groups excluding carboxylic acids is 2. The van der Waals surface area contributed by atoms with Crippen LogP contribution in [0.15, 0.2) is 46.6 Å². The molecule has 0 N–H and O–H groups in total. The van der Waals surface area contributed by atoms with Crippen molar-refractivity contribution in [2.24, 2.45) is 10.2 Å². The summed E-state index contributed by atoms with van der Waals surface area (Å²) in [5.41, 5.74) is 2.11. The highest BCUT2D eigenvalue weighted by atomic mass is 16.4. The molecule has 0 unspecified atom stereocenters. The van der Waals surface area contributed by atoms with Crippen LogP contribution in [0, 0.1) is 13.8 Å². The summed E-state index contributed by atoms with van der Waals surface area (Å²) in [5, 5.41) is 29.7. The summed E-state index contributed by atoms with van der Waals surface area (Å²) >= 11 is 0. The molecule has 140 valence electrons. The van der Waals surface area contributed by atoms with E-state index in [-0.39, 0.29) is 16.8 Å². The highest BCUT2D eigenvalue weighted by Gasteiger charge is 2.03. The average molecular weight is 356 g/mol. The van der Waals surface area contributed by atoms with Crippen LogP contribution in [-0.2, 0) is 0 Å². The first-order chi connectivity index (χ1) is 12.3. The maximum Gasteiger partial charge on any atom is 0.0870 e. The second-order valence-electron chi connectivity index (χ2n) is 4.89. The van der Waals surface area contributed by atoms with Gasteiger partial charge in [0.25, 0.3) is 0 Å². The Labute approximate surface area is 154 Å². The normalized spacial score (nSPS) is 9.62. The molecule has 0 amide bonds. The van der Waals surface area contributed by atoms with Crippen molar-refractivity contribution in [2.75, 3.05) is 0 Å². The maximum absolute atomic E-state index is 10.9. The van der Waals surface area contributed by atoms with Crippen LogP contribution in [0.25, 0.3) is 0 Å². The highest BCUT2D eigenvalue weighted by molar-refractivity contribution is 5.93. The van der Waals surface area contributed by atoms with Crippen molar-refractivity contribution in [1.82, 2.24) is 0 Å². The minimum absolute atomic E-state index is 0.0973. The lowest BCUT2D eigenvalue weighted by Crippen LogP contribution is -2.25. The number of hydrogen-bond acceptors (Lipinski definition) is 6. The molecular weight excluding hydrogens is 332 g/mol. The van der Waals surface area contributed by atoms with Gasteiger partial charge in [0.15, 0.2) is 0 Å². The number of azo groups is 1. The predicted octanol–water partition coefficient (Wildman–Crippen LogP) is 3.50. The molecule has 6 heteroatoms.